The summed E-state index contributed by atoms with van der Waals surface area (Å²) in [5.41, 5.74) is 1.32. The van der Waals surface area contributed by atoms with Crippen LogP contribution in [-0.2, 0) is 6.54 Å². The molecule has 0 saturated heterocycles. The molecule has 1 aromatic rings. The van der Waals surface area contributed by atoms with E-state index in [4.69, 9.17) is 4.74 Å². The molecular formula is C14H20BrNO. The average Bonchev–Trinajstić information content (AvgIpc) is 2.56. The lowest BCUT2D eigenvalue weighted by molar-refractivity contribution is 0.222. The van der Waals surface area contributed by atoms with Gasteiger partial charge in [-0.1, -0.05) is 40.5 Å². The zero-order valence-electron chi connectivity index (χ0n) is 10.2. The van der Waals surface area contributed by atoms with Crippen molar-refractivity contribution in [2.24, 2.45) is 0 Å². The summed E-state index contributed by atoms with van der Waals surface area (Å²) in [5.74, 6) is 1.07. The number of para-hydroxylation sites is 1. The van der Waals surface area contributed by atoms with Crippen LogP contribution in [0.25, 0.3) is 0 Å². The summed E-state index contributed by atoms with van der Waals surface area (Å²) < 4.78 is 5.76. The number of benzene rings is 1. The monoisotopic (exact) mass is 297 g/mol. The van der Waals surface area contributed by atoms with Crippen molar-refractivity contribution in [3.63, 3.8) is 0 Å². The summed E-state index contributed by atoms with van der Waals surface area (Å²) >= 11 is 3.48. The molecule has 17 heavy (non-hydrogen) atoms. The molecule has 94 valence electrons. The van der Waals surface area contributed by atoms with Gasteiger partial charge in [0.1, 0.15) is 12.4 Å². The van der Waals surface area contributed by atoms with E-state index in [9.17, 15) is 0 Å². The third kappa shape index (κ3) is 4.00. The predicted molar refractivity (Wildman–Crippen MR) is 74.9 cm³/mol. The molecule has 3 heteroatoms. The van der Waals surface area contributed by atoms with Crippen LogP contribution in [0.4, 0.5) is 0 Å². The Morgan fingerprint density at radius 2 is 2.06 bits per heavy atom. The van der Waals surface area contributed by atoms with E-state index in [1.54, 1.807) is 0 Å². The van der Waals surface area contributed by atoms with Crippen molar-refractivity contribution in [2.75, 3.05) is 25.0 Å². The number of rotatable bonds is 5. The highest BCUT2D eigenvalue weighted by Crippen LogP contribution is 2.22. The molecule has 1 heterocycles. The minimum atomic E-state index is 0.815. The van der Waals surface area contributed by atoms with Crippen molar-refractivity contribution < 1.29 is 4.74 Å². The fourth-order valence-corrected chi connectivity index (χ4v) is 2.57. The number of nitrogens with zero attached hydrogens (tertiary/aromatic N) is 1. The van der Waals surface area contributed by atoms with Crippen LogP contribution < -0.4 is 4.74 Å². The van der Waals surface area contributed by atoms with Gasteiger partial charge >= 0.3 is 0 Å². The Bertz CT molecular complexity index is 343. The van der Waals surface area contributed by atoms with Crippen LogP contribution in [0.2, 0.25) is 0 Å². The molecule has 1 aliphatic heterocycles. The highest BCUT2D eigenvalue weighted by molar-refractivity contribution is 9.09. The Morgan fingerprint density at radius 1 is 1.18 bits per heavy atom. The van der Waals surface area contributed by atoms with Gasteiger partial charge in [0.25, 0.3) is 0 Å². The molecule has 0 fully saturated rings. The van der Waals surface area contributed by atoms with E-state index < -0.39 is 0 Å². The summed E-state index contributed by atoms with van der Waals surface area (Å²) in [6.45, 7) is 4.08. The van der Waals surface area contributed by atoms with Gasteiger partial charge < -0.3 is 4.74 Å². The van der Waals surface area contributed by atoms with Crippen molar-refractivity contribution in [3.05, 3.63) is 29.8 Å². The second kappa shape index (κ2) is 7.02. The maximum Gasteiger partial charge on any atom is 0.123 e. The lowest BCUT2D eigenvalue weighted by Gasteiger charge is -2.18. The standard InChI is InChI=1S/C14H20BrNO/c15-8-4-1-5-9-16-10-11-17-14-7-3-2-6-13(14)12-16/h2-3,6-7H,1,4-5,8-12H2. The highest BCUT2D eigenvalue weighted by atomic mass is 79.9. The number of ether oxygens (including phenoxy) is 1. The van der Waals surface area contributed by atoms with Gasteiger partial charge in [-0.2, -0.15) is 0 Å². The lowest BCUT2D eigenvalue weighted by atomic mass is 10.2. The number of hydrogen-bond acceptors (Lipinski definition) is 2. The van der Waals surface area contributed by atoms with Gasteiger partial charge in [-0.3, -0.25) is 4.90 Å². The summed E-state index contributed by atoms with van der Waals surface area (Å²) in [5, 5.41) is 1.12. The van der Waals surface area contributed by atoms with Crippen LogP contribution in [0.15, 0.2) is 24.3 Å². The first kappa shape index (κ1) is 12.9. The van der Waals surface area contributed by atoms with E-state index >= 15 is 0 Å². The quantitative estimate of drug-likeness (QED) is 0.610. The molecule has 0 N–H and O–H groups in total. The maximum absolute atomic E-state index is 5.76. The maximum atomic E-state index is 5.76. The smallest absolute Gasteiger partial charge is 0.123 e. The van der Waals surface area contributed by atoms with E-state index in [1.165, 1.54) is 31.4 Å². The van der Waals surface area contributed by atoms with E-state index in [2.05, 4.69) is 39.0 Å². The van der Waals surface area contributed by atoms with Gasteiger partial charge in [-0.25, -0.2) is 0 Å². The molecule has 0 bridgehead atoms. The SMILES string of the molecule is BrCCCCCN1CCOc2ccccc2C1. The molecule has 0 aromatic heterocycles. The predicted octanol–water partition coefficient (Wildman–Crippen LogP) is 3.45. The molecule has 0 aliphatic carbocycles. The molecule has 0 spiro atoms. The Balaban J connectivity index is 1.85. The summed E-state index contributed by atoms with van der Waals surface area (Å²) in [6, 6.07) is 8.39. The van der Waals surface area contributed by atoms with E-state index in [-0.39, 0.29) is 0 Å². The molecule has 1 aromatic carbocycles. The summed E-state index contributed by atoms with van der Waals surface area (Å²) in [4.78, 5) is 2.50. The first-order valence-electron chi connectivity index (χ1n) is 6.39. The second-order valence-electron chi connectivity index (χ2n) is 4.48. The highest BCUT2D eigenvalue weighted by Gasteiger charge is 2.13. The van der Waals surface area contributed by atoms with Gasteiger partial charge in [0.15, 0.2) is 0 Å². The van der Waals surface area contributed by atoms with Crippen molar-refractivity contribution in [1.82, 2.24) is 4.90 Å². The van der Waals surface area contributed by atoms with E-state index in [0.717, 1.165) is 30.8 Å². The Labute approximate surface area is 112 Å². The molecule has 0 radical (unpaired) electrons. The van der Waals surface area contributed by atoms with Crippen molar-refractivity contribution in [3.8, 4) is 5.75 Å². The van der Waals surface area contributed by atoms with Crippen LogP contribution in [0.3, 0.4) is 0 Å². The van der Waals surface area contributed by atoms with Crippen molar-refractivity contribution in [2.45, 2.75) is 25.8 Å². The normalized spacial score (nSPS) is 16.1. The molecule has 0 saturated carbocycles. The Hall–Kier alpha value is -0.540. The summed E-state index contributed by atoms with van der Waals surface area (Å²) in [7, 11) is 0. The fraction of sp³-hybridized carbons (Fsp3) is 0.571. The first-order chi connectivity index (χ1) is 8.40. The summed E-state index contributed by atoms with van der Waals surface area (Å²) in [6.07, 6.45) is 3.87. The van der Waals surface area contributed by atoms with Crippen molar-refractivity contribution >= 4 is 15.9 Å². The van der Waals surface area contributed by atoms with Gasteiger partial charge in [-0.15, -0.1) is 0 Å². The number of unbranched alkanes of at least 4 members (excludes halogenated alkanes) is 2. The Kier molecular flexibility index (Phi) is 5.33. The van der Waals surface area contributed by atoms with Crippen LogP contribution in [0.1, 0.15) is 24.8 Å². The topological polar surface area (TPSA) is 12.5 Å². The number of halogens is 1. The first-order valence-corrected chi connectivity index (χ1v) is 7.51. The molecule has 0 amide bonds. The van der Waals surface area contributed by atoms with Gasteiger partial charge in [-0.05, 0) is 25.5 Å². The number of hydrogen-bond donors (Lipinski definition) is 0. The average molecular weight is 298 g/mol. The molecular weight excluding hydrogens is 278 g/mol. The molecule has 2 nitrogen and oxygen atoms in total. The van der Waals surface area contributed by atoms with Gasteiger partial charge in [0.2, 0.25) is 0 Å². The van der Waals surface area contributed by atoms with Gasteiger partial charge in [0.05, 0.1) is 0 Å². The Morgan fingerprint density at radius 3 is 2.94 bits per heavy atom. The zero-order valence-corrected chi connectivity index (χ0v) is 11.8. The van der Waals surface area contributed by atoms with Gasteiger partial charge in [0, 0.05) is 24.0 Å². The van der Waals surface area contributed by atoms with Crippen LogP contribution >= 0.6 is 15.9 Å². The zero-order chi connectivity index (χ0) is 11.9. The molecule has 1 aliphatic rings. The third-order valence-electron chi connectivity index (χ3n) is 3.14. The minimum Gasteiger partial charge on any atom is -0.492 e. The molecule has 0 unspecified atom stereocenters. The lowest BCUT2D eigenvalue weighted by Crippen LogP contribution is -2.26. The minimum absolute atomic E-state index is 0.815. The number of alkyl halides is 1. The molecule has 0 atom stereocenters. The largest absolute Gasteiger partial charge is 0.492 e. The van der Waals surface area contributed by atoms with E-state index in [0.29, 0.717) is 0 Å². The van der Waals surface area contributed by atoms with E-state index in [1.807, 2.05) is 6.07 Å². The third-order valence-corrected chi connectivity index (χ3v) is 3.70. The van der Waals surface area contributed by atoms with Crippen molar-refractivity contribution in [1.29, 1.82) is 0 Å². The van der Waals surface area contributed by atoms with Crippen LogP contribution in [-0.4, -0.2) is 29.9 Å². The molecule has 2 rings (SSSR count). The second-order valence-corrected chi connectivity index (χ2v) is 5.27. The van der Waals surface area contributed by atoms with Crippen LogP contribution in [0, 0.1) is 0 Å². The fourth-order valence-electron chi connectivity index (χ4n) is 2.18. The van der Waals surface area contributed by atoms with Crippen LogP contribution in [0.5, 0.6) is 5.75 Å². The number of fused-ring (bicyclic) bond motifs is 1.